The first-order valence-corrected chi connectivity index (χ1v) is 10.2. The molecule has 1 fully saturated rings. The minimum absolute atomic E-state index is 0.101. The van der Waals surface area contributed by atoms with Crippen LogP contribution in [0.15, 0.2) is 59.2 Å². The van der Waals surface area contributed by atoms with Crippen molar-refractivity contribution in [2.24, 2.45) is 0 Å². The molecule has 6 heteroatoms. The molecule has 2 aromatic heterocycles. The summed E-state index contributed by atoms with van der Waals surface area (Å²) in [5.41, 5.74) is 3.59. The predicted octanol–water partition coefficient (Wildman–Crippen LogP) is 4.30. The smallest absolute Gasteiger partial charge is 0.289 e. The third kappa shape index (κ3) is 3.79. The van der Waals surface area contributed by atoms with Crippen molar-refractivity contribution in [3.63, 3.8) is 0 Å². The molecule has 3 aromatic rings. The molecule has 0 radical (unpaired) electrons. The second-order valence-electron chi connectivity index (χ2n) is 7.68. The van der Waals surface area contributed by atoms with E-state index < -0.39 is 0 Å². The average Bonchev–Trinajstić information content (AvgIpc) is 3.33. The number of pyridine rings is 1. The van der Waals surface area contributed by atoms with E-state index in [0.717, 1.165) is 16.8 Å². The van der Waals surface area contributed by atoms with Crippen LogP contribution >= 0.6 is 0 Å². The van der Waals surface area contributed by atoms with E-state index in [1.807, 2.05) is 36.4 Å². The fourth-order valence-electron chi connectivity index (χ4n) is 3.81. The topological polar surface area (TPSA) is 73.4 Å². The first-order chi connectivity index (χ1) is 14.6. The number of hydrogen-bond acceptors (Lipinski definition) is 5. The molecule has 3 heterocycles. The average molecular weight is 400 g/mol. The number of nitrogens with zero attached hydrogens (tertiary/aromatic N) is 4. The van der Waals surface area contributed by atoms with Crippen molar-refractivity contribution in [2.45, 2.75) is 19.8 Å². The Bertz CT molecular complexity index is 1060. The Balaban J connectivity index is 1.61. The highest BCUT2D eigenvalue weighted by molar-refractivity contribution is 5.91. The zero-order valence-electron chi connectivity index (χ0n) is 17.2. The molecule has 1 aliphatic heterocycles. The van der Waals surface area contributed by atoms with Gasteiger partial charge in [0.1, 0.15) is 11.9 Å². The Kier molecular flexibility index (Phi) is 5.53. The summed E-state index contributed by atoms with van der Waals surface area (Å²) in [6, 6.07) is 17.7. The lowest BCUT2D eigenvalue weighted by Gasteiger charge is -2.35. The van der Waals surface area contributed by atoms with Crippen LogP contribution in [-0.2, 0) is 0 Å². The first kappa shape index (κ1) is 19.7. The minimum atomic E-state index is -0.101. The summed E-state index contributed by atoms with van der Waals surface area (Å²) in [5.74, 6) is 1.17. The van der Waals surface area contributed by atoms with Gasteiger partial charge in [0.25, 0.3) is 5.91 Å². The van der Waals surface area contributed by atoms with E-state index in [-0.39, 0.29) is 11.8 Å². The lowest BCUT2D eigenvalue weighted by Crippen LogP contribution is -2.49. The quantitative estimate of drug-likeness (QED) is 0.653. The van der Waals surface area contributed by atoms with E-state index in [4.69, 9.17) is 9.40 Å². The molecule has 0 spiro atoms. The van der Waals surface area contributed by atoms with Crippen molar-refractivity contribution in [1.29, 1.82) is 5.26 Å². The summed E-state index contributed by atoms with van der Waals surface area (Å²) >= 11 is 0. The first-order valence-electron chi connectivity index (χ1n) is 10.2. The fraction of sp³-hybridized carbons (Fsp3) is 0.292. The molecule has 1 aromatic carbocycles. The molecule has 1 saturated heterocycles. The monoisotopic (exact) mass is 400 g/mol. The summed E-state index contributed by atoms with van der Waals surface area (Å²) in [5, 5.41) is 9.82. The number of aromatic nitrogens is 1. The summed E-state index contributed by atoms with van der Waals surface area (Å²) < 4.78 is 5.23. The number of carbonyl (C=O) groups is 1. The molecule has 0 unspecified atom stereocenters. The molecular formula is C24H24N4O2. The van der Waals surface area contributed by atoms with E-state index in [1.54, 1.807) is 17.0 Å². The van der Waals surface area contributed by atoms with Gasteiger partial charge in [0.15, 0.2) is 5.76 Å². The highest BCUT2D eigenvalue weighted by atomic mass is 16.3. The van der Waals surface area contributed by atoms with Gasteiger partial charge in [-0.2, -0.15) is 5.26 Å². The summed E-state index contributed by atoms with van der Waals surface area (Å²) in [6.45, 7) is 6.59. The molecular weight excluding hydrogens is 376 g/mol. The van der Waals surface area contributed by atoms with Gasteiger partial charge in [-0.15, -0.1) is 0 Å². The summed E-state index contributed by atoms with van der Waals surface area (Å²) in [4.78, 5) is 21.3. The summed E-state index contributed by atoms with van der Waals surface area (Å²) in [7, 11) is 0. The maximum Gasteiger partial charge on any atom is 0.289 e. The SMILES string of the molecule is CC(C)c1nc(N2CCN(C(=O)c3ccco3)CC2)c(C#N)cc1-c1ccccc1. The molecule has 1 aliphatic rings. The molecule has 6 nitrogen and oxygen atoms in total. The lowest BCUT2D eigenvalue weighted by atomic mass is 9.96. The van der Waals surface area contributed by atoms with Crippen molar-refractivity contribution < 1.29 is 9.21 Å². The van der Waals surface area contributed by atoms with Crippen LogP contribution in [0.5, 0.6) is 0 Å². The molecule has 0 N–H and O–H groups in total. The van der Waals surface area contributed by atoms with Crippen LogP contribution in [0.3, 0.4) is 0 Å². The Morgan fingerprint density at radius 2 is 1.83 bits per heavy atom. The maximum atomic E-state index is 12.5. The molecule has 30 heavy (non-hydrogen) atoms. The van der Waals surface area contributed by atoms with Crippen LogP contribution in [0.2, 0.25) is 0 Å². The number of hydrogen-bond donors (Lipinski definition) is 0. The van der Waals surface area contributed by atoms with Crippen molar-refractivity contribution in [2.75, 3.05) is 31.1 Å². The van der Waals surface area contributed by atoms with E-state index in [1.165, 1.54) is 6.26 Å². The van der Waals surface area contributed by atoms with Crippen LogP contribution in [-0.4, -0.2) is 42.0 Å². The Morgan fingerprint density at radius 3 is 2.43 bits per heavy atom. The number of nitriles is 1. The molecule has 4 rings (SSSR count). The Hall–Kier alpha value is -3.59. The Morgan fingerprint density at radius 1 is 1.10 bits per heavy atom. The highest BCUT2D eigenvalue weighted by Crippen LogP contribution is 2.33. The molecule has 0 aliphatic carbocycles. The molecule has 0 bridgehead atoms. The second-order valence-corrected chi connectivity index (χ2v) is 7.68. The van der Waals surface area contributed by atoms with Gasteiger partial charge in [0.2, 0.25) is 0 Å². The van der Waals surface area contributed by atoms with Crippen molar-refractivity contribution >= 4 is 11.7 Å². The minimum Gasteiger partial charge on any atom is -0.459 e. The van der Waals surface area contributed by atoms with Crippen molar-refractivity contribution in [3.8, 4) is 17.2 Å². The lowest BCUT2D eigenvalue weighted by molar-refractivity contribution is 0.0714. The van der Waals surface area contributed by atoms with Crippen molar-refractivity contribution in [3.05, 3.63) is 71.8 Å². The standard InChI is InChI=1S/C24H24N4O2/c1-17(2)22-20(18-7-4-3-5-8-18)15-19(16-25)23(26-22)27-10-12-28(13-11-27)24(29)21-9-6-14-30-21/h3-9,14-15,17H,10-13H2,1-2H3. The number of piperazine rings is 1. The van der Waals surface area contributed by atoms with Crippen LogP contribution < -0.4 is 4.90 Å². The van der Waals surface area contributed by atoms with Gasteiger partial charge in [0.05, 0.1) is 17.5 Å². The third-order valence-electron chi connectivity index (χ3n) is 5.38. The van der Waals surface area contributed by atoms with Crippen LogP contribution in [0, 0.1) is 11.3 Å². The number of rotatable bonds is 4. The molecule has 0 saturated carbocycles. The largest absolute Gasteiger partial charge is 0.459 e. The number of amides is 1. The van der Waals surface area contributed by atoms with Gasteiger partial charge in [-0.3, -0.25) is 4.79 Å². The van der Waals surface area contributed by atoms with Gasteiger partial charge in [0, 0.05) is 31.7 Å². The highest BCUT2D eigenvalue weighted by Gasteiger charge is 2.26. The van der Waals surface area contributed by atoms with Gasteiger partial charge in [-0.1, -0.05) is 44.2 Å². The molecule has 152 valence electrons. The third-order valence-corrected chi connectivity index (χ3v) is 5.38. The number of benzene rings is 1. The van der Waals surface area contributed by atoms with Gasteiger partial charge >= 0.3 is 0 Å². The van der Waals surface area contributed by atoms with Gasteiger partial charge < -0.3 is 14.2 Å². The zero-order chi connectivity index (χ0) is 21.1. The Labute approximate surface area is 176 Å². The normalized spacial score (nSPS) is 14.1. The van der Waals surface area contributed by atoms with Crippen LogP contribution in [0.4, 0.5) is 5.82 Å². The van der Waals surface area contributed by atoms with E-state index in [0.29, 0.717) is 43.3 Å². The number of carbonyl (C=O) groups excluding carboxylic acids is 1. The fourth-order valence-corrected chi connectivity index (χ4v) is 3.81. The molecule has 0 atom stereocenters. The maximum absolute atomic E-state index is 12.5. The number of anilines is 1. The van der Waals surface area contributed by atoms with Gasteiger partial charge in [-0.05, 0) is 29.7 Å². The predicted molar refractivity (Wildman–Crippen MR) is 115 cm³/mol. The number of furan rings is 1. The van der Waals surface area contributed by atoms with E-state index in [9.17, 15) is 10.1 Å². The zero-order valence-corrected chi connectivity index (χ0v) is 17.2. The second kappa shape index (κ2) is 8.42. The van der Waals surface area contributed by atoms with E-state index >= 15 is 0 Å². The van der Waals surface area contributed by atoms with Crippen LogP contribution in [0.25, 0.3) is 11.1 Å². The molecule has 1 amide bonds. The van der Waals surface area contributed by atoms with E-state index in [2.05, 4.69) is 24.8 Å². The summed E-state index contributed by atoms with van der Waals surface area (Å²) in [6.07, 6.45) is 1.51. The van der Waals surface area contributed by atoms with Crippen LogP contribution in [0.1, 0.15) is 41.6 Å². The van der Waals surface area contributed by atoms with Gasteiger partial charge in [-0.25, -0.2) is 4.98 Å². The van der Waals surface area contributed by atoms with Crippen molar-refractivity contribution in [1.82, 2.24) is 9.88 Å².